The standard InChI is InChI=1S/C52H101O10P/c1-3-5-7-9-11-13-15-17-19-21-23-24-26-28-30-32-34-36-38-40-42-44-52(56)62-50(46-54)48-60-63(57,58)59-47-49(45-53)61-51(55)43-41-39-37-35-33-31-29-27-25-22-20-18-16-14-12-10-8-6-4-2/h21,23,49-50,53-54H,3-20,22,24-48H2,1-2H3,(H,57,58)/b23-21-. The molecule has 0 aromatic heterocycles. The van der Waals surface area contributed by atoms with Crippen molar-refractivity contribution >= 4 is 19.8 Å². The number of aliphatic hydroxyl groups is 2. The topological polar surface area (TPSA) is 149 Å². The number of esters is 2. The molecule has 10 nitrogen and oxygen atoms in total. The van der Waals surface area contributed by atoms with E-state index in [2.05, 4.69) is 26.0 Å². The number of phosphoric acid groups is 1. The number of carbonyl (C=O) groups excluding carboxylic acids is 2. The molecule has 0 aromatic rings. The highest BCUT2D eigenvalue weighted by atomic mass is 31.2. The third kappa shape index (κ3) is 47.0. The number of hydrogen-bond acceptors (Lipinski definition) is 9. The molecule has 0 aromatic carbocycles. The minimum Gasteiger partial charge on any atom is -0.457 e. The zero-order valence-corrected chi connectivity index (χ0v) is 42.0. The van der Waals surface area contributed by atoms with Gasteiger partial charge in [-0.1, -0.05) is 231 Å². The fourth-order valence-electron chi connectivity index (χ4n) is 7.88. The maximum absolute atomic E-state index is 12.4. The Hall–Kier alpha value is -1.29. The number of rotatable bonds is 51. The van der Waals surface area contributed by atoms with Gasteiger partial charge in [-0.05, 0) is 38.5 Å². The third-order valence-electron chi connectivity index (χ3n) is 12.0. The van der Waals surface area contributed by atoms with Crippen LogP contribution in [0, 0.1) is 0 Å². The van der Waals surface area contributed by atoms with Crippen molar-refractivity contribution in [2.45, 2.75) is 283 Å². The Morgan fingerprint density at radius 1 is 0.413 bits per heavy atom. The van der Waals surface area contributed by atoms with Gasteiger partial charge >= 0.3 is 19.8 Å². The van der Waals surface area contributed by atoms with Crippen molar-refractivity contribution in [2.75, 3.05) is 26.4 Å². The van der Waals surface area contributed by atoms with Crippen LogP contribution < -0.4 is 0 Å². The molecule has 3 atom stereocenters. The zero-order chi connectivity index (χ0) is 46.2. The summed E-state index contributed by atoms with van der Waals surface area (Å²) in [5, 5.41) is 19.3. The molecule has 0 saturated carbocycles. The first-order valence-electron chi connectivity index (χ1n) is 26.6. The summed E-state index contributed by atoms with van der Waals surface area (Å²) >= 11 is 0. The van der Waals surface area contributed by atoms with Crippen LogP contribution in [0.2, 0.25) is 0 Å². The first-order chi connectivity index (χ1) is 30.8. The number of unbranched alkanes of at least 4 members (excludes halogenated alkanes) is 35. The van der Waals surface area contributed by atoms with Crippen molar-refractivity contribution in [1.29, 1.82) is 0 Å². The monoisotopic (exact) mass is 917 g/mol. The Labute approximate surface area is 387 Å². The molecule has 3 unspecified atom stereocenters. The third-order valence-corrected chi connectivity index (χ3v) is 12.9. The van der Waals surface area contributed by atoms with E-state index in [0.717, 1.165) is 38.5 Å². The molecule has 0 spiro atoms. The average molecular weight is 917 g/mol. The fourth-order valence-corrected chi connectivity index (χ4v) is 8.66. The van der Waals surface area contributed by atoms with Crippen molar-refractivity contribution in [1.82, 2.24) is 0 Å². The Morgan fingerprint density at radius 2 is 0.651 bits per heavy atom. The highest BCUT2D eigenvalue weighted by Crippen LogP contribution is 2.43. The normalized spacial score (nSPS) is 13.7. The fraction of sp³-hybridized carbons (Fsp3) is 0.923. The molecular weight excluding hydrogens is 816 g/mol. The summed E-state index contributed by atoms with van der Waals surface area (Å²) in [6.45, 7) is 2.27. The van der Waals surface area contributed by atoms with Crippen molar-refractivity contribution < 1.29 is 47.8 Å². The predicted octanol–water partition coefficient (Wildman–Crippen LogP) is 15.1. The second-order valence-electron chi connectivity index (χ2n) is 18.2. The summed E-state index contributed by atoms with van der Waals surface area (Å²) in [6, 6.07) is 0. The molecule has 0 amide bonds. The molecule has 63 heavy (non-hydrogen) atoms. The number of hydrogen-bond donors (Lipinski definition) is 3. The molecule has 0 aliphatic rings. The van der Waals surface area contributed by atoms with Gasteiger partial charge in [-0.3, -0.25) is 18.6 Å². The molecular formula is C52H101O10P. The summed E-state index contributed by atoms with van der Waals surface area (Å²) in [5.41, 5.74) is 0. The van der Waals surface area contributed by atoms with Gasteiger partial charge in [0, 0.05) is 12.8 Å². The van der Waals surface area contributed by atoms with Gasteiger partial charge < -0.3 is 24.6 Å². The van der Waals surface area contributed by atoms with Gasteiger partial charge in [0.15, 0.2) is 0 Å². The lowest BCUT2D eigenvalue weighted by atomic mass is 10.0. The first-order valence-corrected chi connectivity index (χ1v) is 28.1. The Kier molecular flexibility index (Phi) is 47.6. The number of allylic oxidation sites excluding steroid dienone is 2. The lowest BCUT2D eigenvalue weighted by Gasteiger charge is -2.20. The van der Waals surface area contributed by atoms with Crippen LogP contribution in [0.3, 0.4) is 0 Å². The van der Waals surface area contributed by atoms with Crippen molar-refractivity contribution in [3.63, 3.8) is 0 Å². The maximum Gasteiger partial charge on any atom is 0.472 e. The Morgan fingerprint density at radius 3 is 0.905 bits per heavy atom. The van der Waals surface area contributed by atoms with Crippen LogP contribution in [-0.4, -0.2) is 65.7 Å². The van der Waals surface area contributed by atoms with Crippen LogP contribution in [0.4, 0.5) is 0 Å². The van der Waals surface area contributed by atoms with Gasteiger partial charge in [-0.15, -0.1) is 0 Å². The van der Waals surface area contributed by atoms with Crippen molar-refractivity contribution in [3.05, 3.63) is 12.2 Å². The van der Waals surface area contributed by atoms with Gasteiger partial charge in [0.25, 0.3) is 0 Å². The molecule has 3 N–H and O–H groups in total. The number of carbonyl (C=O) groups is 2. The van der Waals surface area contributed by atoms with E-state index in [-0.39, 0.29) is 12.8 Å². The highest BCUT2D eigenvalue weighted by molar-refractivity contribution is 7.47. The molecule has 0 fully saturated rings. The smallest absolute Gasteiger partial charge is 0.457 e. The summed E-state index contributed by atoms with van der Waals surface area (Å²) < 4.78 is 32.8. The zero-order valence-electron chi connectivity index (χ0n) is 41.1. The Bertz CT molecular complexity index is 1060. The van der Waals surface area contributed by atoms with Crippen LogP contribution >= 0.6 is 7.82 Å². The maximum atomic E-state index is 12.4. The molecule has 0 aliphatic carbocycles. The molecule has 0 bridgehead atoms. The number of ether oxygens (including phenoxy) is 2. The lowest BCUT2D eigenvalue weighted by molar-refractivity contribution is -0.153. The van der Waals surface area contributed by atoms with Crippen molar-refractivity contribution in [2.24, 2.45) is 0 Å². The molecule has 0 heterocycles. The van der Waals surface area contributed by atoms with E-state index in [1.807, 2.05) is 0 Å². The summed E-state index contributed by atoms with van der Waals surface area (Å²) in [5.74, 6) is -1.01. The number of aliphatic hydroxyl groups excluding tert-OH is 2. The summed E-state index contributed by atoms with van der Waals surface area (Å²) in [4.78, 5) is 34.7. The van der Waals surface area contributed by atoms with E-state index in [4.69, 9.17) is 18.5 Å². The molecule has 11 heteroatoms. The van der Waals surface area contributed by atoms with E-state index < -0.39 is 58.4 Å². The Balaban J connectivity index is 3.79. The van der Waals surface area contributed by atoms with Gasteiger partial charge in [0.2, 0.25) is 0 Å². The van der Waals surface area contributed by atoms with Gasteiger partial charge in [-0.2, -0.15) is 0 Å². The van der Waals surface area contributed by atoms with Crippen LogP contribution in [-0.2, 0) is 32.7 Å². The minimum absolute atomic E-state index is 0.194. The molecule has 0 aliphatic heterocycles. The average Bonchev–Trinajstić information content (AvgIpc) is 3.27. The van der Waals surface area contributed by atoms with Crippen LogP contribution in [0.5, 0.6) is 0 Å². The molecule has 374 valence electrons. The molecule has 0 saturated heterocycles. The van der Waals surface area contributed by atoms with E-state index in [9.17, 15) is 29.3 Å². The van der Waals surface area contributed by atoms with Crippen molar-refractivity contribution in [3.8, 4) is 0 Å². The predicted molar refractivity (Wildman–Crippen MR) is 261 cm³/mol. The van der Waals surface area contributed by atoms with E-state index in [1.165, 1.54) is 193 Å². The van der Waals surface area contributed by atoms with Crippen LogP contribution in [0.25, 0.3) is 0 Å². The van der Waals surface area contributed by atoms with E-state index in [0.29, 0.717) is 12.8 Å². The highest BCUT2D eigenvalue weighted by Gasteiger charge is 2.27. The lowest BCUT2D eigenvalue weighted by Crippen LogP contribution is -2.28. The molecule has 0 rings (SSSR count). The second kappa shape index (κ2) is 48.6. The summed E-state index contributed by atoms with van der Waals surface area (Å²) in [6.07, 6.45) is 50.4. The number of phosphoric ester groups is 1. The minimum atomic E-state index is -4.64. The largest absolute Gasteiger partial charge is 0.472 e. The van der Waals surface area contributed by atoms with Gasteiger partial charge in [0.05, 0.1) is 26.4 Å². The van der Waals surface area contributed by atoms with Crippen LogP contribution in [0.1, 0.15) is 271 Å². The second-order valence-corrected chi connectivity index (χ2v) is 19.7. The van der Waals surface area contributed by atoms with E-state index in [1.54, 1.807) is 0 Å². The summed E-state index contributed by atoms with van der Waals surface area (Å²) in [7, 11) is -4.64. The van der Waals surface area contributed by atoms with E-state index >= 15 is 0 Å². The van der Waals surface area contributed by atoms with Gasteiger partial charge in [-0.25, -0.2) is 4.57 Å². The molecule has 0 radical (unpaired) electrons. The van der Waals surface area contributed by atoms with Crippen LogP contribution in [0.15, 0.2) is 12.2 Å². The SMILES string of the molecule is CCCCCCCCCC/C=C\CCCCCCCCCCCC(=O)OC(CO)COP(=O)(O)OCC(CO)OC(=O)CCCCCCCCCCCCCCCCCCCCC. The first kappa shape index (κ1) is 61.7. The quantitative estimate of drug-likeness (QED) is 0.0233. The van der Waals surface area contributed by atoms with Gasteiger partial charge in [0.1, 0.15) is 12.2 Å².